The van der Waals surface area contributed by atoms with Crippen LogP contribution in [-0.4, -0.2) is 63.4 Å². The van der Waals surface area contributed by atoms with Crippen LogP contribution in [0.5, 0.6) is 5.75 Å². The summed E-state index contributed by atoms with van der Waals surface area (Å²) in [7, 11) is 5.08. The maximum Gasteiger partial charge on any atom is 0.255 e. The maximum atomic E-state index is 15.3. The quantitative estimate of drug-likeness (QED) is 0.353. The number of fused-ring (bicyclic) bond motifs is 1. The number of benzene rings is 2. The summed E-state index contributed by atoms with van der Waals surface area (Å²) in [5.74, 6) is -0.885. The second-order valence-corrected chi connectivity index (χ2v) is 9.78. The average molecular weight is 534 g/mol. The minimum absolute atomic E-state index is 0.0735. The van der Waals surface area contributed by atoms with Crippen molar-refractivity contribution >= 4 is 5.91 Å². The summed E-state index contributed by atoms with van der Waals surface area (Å²) in [6.45, 7) is 4.38. The normalized spacial score (nSPS) is 13.4. The number of methoxy groups -OCH3 is 2. The number of ether oxygens (including phenoxy) is 2. The molecule has 0 unspecified atom stereocenters. The van der Waals surface area contributed by atoms with Crippen LogP contribution in [0.25, 0.3) is 5.69 Å². The number of nitrogens with one attached hydrogen (secondary N) is 1. The Hall–Kier alpha value is -4.09. The van der Waals surface area contributed by atoms with Crippen LogP contribution in [0.2, 0.25) is 0 Å². The molecule has 0 fully saturated rings. The Morgan fingerprint density at radius 2 is 2.00 bits per heavy atom. The standard InChI is InChI=1S/C28H32FN7O3/c1-18-13-36(33-31-18)25-7-8-26(39-4)27(29)22(25)12-30-28(37)23-16-35(32-24(23)17-38-3)14-19-5-6-21-15-34(2)10-9-20(21)11-19/h5-8,11,13,16H,9-10,12,14-15,17H2,1-4H3,(H,30,37). The molecule has 0 radical (unpaired) electrons. The van der Waals surface area contributed by atoms with E-state index in [-0.39, 0.29) is 30.4 Å². The van der Waals surface area contributed by atoms with Gasteiger partial charge in [-0.05, 0) is 49.2 Å². The van der Waals surface area contributed by atoms with E-state index in [9.17, 15) is 4.79 Å². The van der Waals surface area contributed by atoms with Gasteiger partial charge in [-0.2, -0.15) is 5.10 Å². The molecule has 0 spiro atoms. The lowest BCUT2D eigenvalue weighted by atomic mass is 9.97. The molecular formula is C28H32FN7O3. The van der Waals surface area contributed by atoms with Gasteiger partial charge in [-0.15, -0.1) is 5.10 Å². The number of nitrogens with zero attached hydrogens (tertiary/aromatic N) is 6. The molecule has 39 heavy (non-hydrogen) atoms. The first kappa shape index (κ1) is 26.5. The Kier molecular flexibility index (Phi) is 7.71. The highest BCUT2D eigenvalue weighted by Crippen LogP contribution is 2.26. The molecule has 0 saturated carbocycles. The third-order valence-electron chi connectivity index (χ3n) is 6.87. The lowest BCUT2D eigenvalue weighted by Gasteiger charge is -2.25. The van der Waals surface area contributed by atoms with Crippen molar-refractivity contribution in [3.05, 3.63) is 87.7 Å². The van der Waals surface area contributed by atoms with Crippen molar-refractivity contribution in [2.75, 3.05) is 27.8 Å². The predicted octanol–water partition coefficient (Wildman–Crippen LogP) is 3.03. The number of carbonyl (C=O) groups excluding carboxylic acids is 1. The van der Waals surface area contributed by atoms with Gasteiger partial charge in [0.15, 0.2) is 11.6 Å². The molecule has 1 N–H and O–H groups in total. The zero-order valence-corrected chi connectivity index (χ0v) is 22.6. The predicted molar refractivity (Wildman–Crippen MR) is 142 cm³/mol. The van der Waals surface area contributed by atoms with Gasteiger partial charge < -0.3 is 19.7 Å². The largest absolute Gasteiger partial charge is 0.494 e. The molecule has 4 aromatic rings. The summed E-state index contributed by atoms with van der Waals surface area (Å²) >= 11 is 0. The van der Waals surface area contributed by atoms with Crippen LogP contribution in [0.1, 0.15) is 44.0 Å². The highest BCUT2D eigenvalue weighted by molar-refractivity contribution is 5.95. The fourth-order valence-electron chi connectivity index (χ4n) is 4.87. The number of aryl methyl sites for hydroxylation is 1. The molecule has 0 atom stereocenters. The zero-order valence-electron chi connectivity index (χ0n) is 22.6. The van der Waals surface area contributed by atoms with Crippen molar-refractivity contribution in [2.45, 2.75) is 39.6 Å². The molecule has 0 saturated heterocycles. The maximum absolute atomic E-state index is 15.3. The molecule has 204 valence electrons. The second kappa shape index (κ2) is 11.3. The van der Waals surface area contributed by atoms with Crippen molar-refractivity contribution in [1.29, 1.82) is 0 Å². The van der Waals surface area contributed by atoms with Crippen molar-refractivity contribution in [3.63, 3.8) is 0 Å². The van der Waals surface area contributed by atoms with E-state index >= 15 is 4.39 Å². The lowest BCUT2D eigenvalue weighted by molar-refractivity contribution is 0.0945. The zero-order chi connectivity index (χ0) is 27.5. The van der Waals surface area contributed by atoms with Gasteiger partial charge in [-0.25, -0.2) is 9.07 Å². The van der Waals surface area contributed by atoms with Crippen LogP contribution in [0, 0.1) is 12.7 Å². The molecule has 1 aliphatic rings. The fourth-order valence-corrected chi connectivity index (χ4v) is 4.87. The molecule has 1 amide bonds. The first-order valence-electron chi connectivity index (χ1n) is 12.7. The van der Waals surface area contributed by atoms with Crippen molar-refractivity contribution in [1.82, 2.24) is 35.0 Å². The van der Waals surface area contributed by atoms with E-state index in [4.69, 9.17) is 9.47 Å². The minimum Gasteiger partial charge on any atom is -0.494 e. The van der Waals surface area contributed by atoms with Crippen molar-refractivity contribution < 1.29 is 18.7 Å². The smallest absolute Gasteiger partial charge is 0.255 e. The van der Waals surface area contributed by atoms with Crippen LogP contribution in [0.15, 0.2) is 42.7 Å². The van der Waals surface area contributed by atoms with Crippen molar-refractivity contribution in [3.8, 4) is 11.4 Å². The molecule has 2 aromatic heterocycles. The topological polar surface area (TPSA) is 99.3 Å². The van der Waals surface area contributed by atoms with Gasteiger partial charge in [0.1, 0.15) is 5.69 Å². The van der Waals surface area contributed by atoms with Crippen LogP contribution in [0.4, 0.5) is 4.39 Å². The van der Waals surface area contributed by atoms with Crippen LogP contribution in [-0.2, 0) is 37.4 Å². The number of likely N-dealkylation sites (N-methyl/N-ethyl adjacent to an activating group) is 1. The summed E-state index contributed by atoms with van der Waals surface area (Å²) in [5, 5.41) is 15.5. The van der Waals surface area contributed by atoms with Crippen LogP contribution in [0.3, 0.4) is 0 Å². The average Bonchev–Trinajstić information content (AvgIpc) is 3.53. The van der Waals surface area contributed by atoms with E-state index in [0.717, 1.165) is 25.1 Å². The third-order valence-corrected chi connectivity index (χ3v) is 6.87. The SMILES string of the molecule is COCc1nn(Cc2ccc3c(c2)CCN(C)C3)cc1C(=O)NCc1c(-n2cc(C)nn2)ccc(OC)c1F. The highest BCUT2D eigenvalue weighted by atomic mass is 19.1. The lowest BCUT2D eigenvalue weighted by Crippen LogP contribution is -2.26. The number of amides is 1. The molecule has 2 aromatic carbocycles. The van der Waals surface area contributed by atoms with Gasteiger partial charge in [-0.1, -0.05) is 23.4 Å². The Balaban J connectivity index is 1.36. The van der Waals surface area contributed by atoms with E-state index in [1.807, 2.05) is 0 Å². The van der Waals surface area contributed by atoms with E-state index in [1.165, 1.54) is 29.0 Å². The van der Waals surface area contributed by atoms with Gasteiger partial charge in [0.2, 0.25) is 0 Å². The van der Waals surface area contributed by atoms with E-state index in [1.54, 1.807) is 37.2 Å². The first-order valence-corrected chi connectivity index (χ1v) is 12.7. The van der Waals surface area contributed by atoms with Gasteiger partial charge in [0.25, 0.3) is 5.91 Å². The Morgan fingerprint density at radius 3 is 2.74 bits per heavy atom. The van der Waals surface area contributed by atoms with E-state index in [0.29, 0.717) is 29.2 Å². The third kappa shape index (κ3) is 5.69. The molecule has 5 rings (SSSR count). The minimum atomic E-state index is -0.574. The summed E-state index contributed by atoms with van der Waals surface area (Å²) < 4.78 is 29.0. The summed E-state index contributed by atoms with van der Waals surface area (Å²) in [6, 6.07) is 9.70. The number of hydrogen-bond donors (Lipinski definition) is 1. The van der Waals surface area contributed by atoms with Gasteiger partial charge in [0.05, 0.1) is 43.4 Å². The number of halogens is 1. The van der Waals surface area contributed by atoms with Gasteiger partial charge >= 0.3 is 0 Å². The van der Waals surface area contributed by atoms with Crippen LogP contribution >= 0.6 is 0 Å². The van der Waals surface area contributed by atoms with E-state index < -0.39 is 5.82 Å². The summed E-state index contributed by atoms with van der Waals surface area (Å²) in [6.07, 6.45) is 4.41. The monoisotopic (exact) mass is 533 g/mol. The van der Waals surface area contributed by atoms with E-state index in [2.05, 4.69) is 50.9 Å². The molecule has 0 aliphatic carbocycles. The Labute approximate surface area is 226 Å². The Morgan fingerprint density at radius 1 is 1.15 bits per heavy atom. The molecule has 11 heteroatoms. The molecule has 3 heterocycles. The summed E-state index contributed by atoms with van der Waals surface area (Å²) in [5.41, 5.74) is 6.07. The van der Waals surface area contributed by atoms with Gasteiger partial charge in [-0.3, -0.25) is 9.48 Å². The number of rotatable bonds is 9. The van der Waals surface area contributed by atoms with Gasteiger partial charge in [0, 0.05) is 38.5 Å². The number of aromatic nitrogens is 5. The summed E-state index contributed by atoms with van der Waals surface area (Å²) in [4.78, 5) is 15.6. The number of carbonyl (C=O) groups is 1. The Bertz CT molecular complexity index is 1500. The van der Waals surface area contributed by atoms with Crippen molar-refractivity contribution in [2.24, 2.45) is 0 Å². The highest BCUT2D eigenvalue weighted by Gasteiger charge is 2.21. The number of hydrogen-bond acceptors (Lipinski definition) is 7. The second-order valence-electron chi connectivity index (χ2n) is 9.78. The molecule has 10 nitrogen and oxygen atoms in total. The molecular weight excluding hydrogens is 501 g/mol. The van der Waals surface area contributed by atoms with Crippen LogP contribution < -0.4 is 10.1 Å². The molecule has 0 bridgehead atoms. The first-order chi connectivity index (χ1) is 18.9. The molecule has 1 aliphatic heterocycles. The fraction of sp³-hybridized carbons (Fsp3) is 0.357.